The van der Waals surface area contributed by atoms with Crippen molar-refractivity contribution in [2.75, 3.05) is 6.61 Å². The number of benzene rings is 1. The van der Waals surface area contributed by atoms with Crippen molar-refractivity contribution in [3.05, 3.63) is 27.7 Å². The number of ether oxygens (including phenoxy) is 1. The van der Waals surface area contributed by atoms with Gasteiger partial charge in [-0.1, -0.05) is 35.2 Å². The lowest BCUT2D eigenvalue weighted by Gasteiger charge is -2.32. The van der Waals surface area contributed by atoms with Gasteiger partial charge in [0.25, 0.3) is 0 Å². The Kier molecular flexibility index (Phi) is 4.87. The van der Waals surface area contributed by atoms with Crippen LogP contribution in [0.4, 0.5) is 0 Å². The molecule has 1 saturated carbocycles. The first-order chi connectivity index (χ1) is 9.04. The van der Waals surface area contributed by atoms with Gasteiger partial charge in [-0.15, -0.1) is 0 Å². The first-order valence-corrected chi connectivity index (χ1v) is 7.68. The Morgan fingerprint density at radius 2 is 2.00 bits per heavy atom. The lowest BCUT2D eigenvalue weighted by Crippen LogP contribution is -2.38. The summed E-state index contributed by atoms with van der Waals surface area (Å²) in [6.45, 7) is 2.81. The van der Waals surface area contributed by atoms with Gasteiger partial charge in [-0.25, -0.2) is 0 Å². The van der Waals surface area contributed by atoms with Gasteiger partial charge in [0.15, 0.2) is 0 Å². The lowest BCUT2D eigenvalue weighted by atomic mass is 9.85. The van der Waals surface area contributed by atoms with Crippen molar-refractivity contribution in [2.24, 2.45) is 5.73 Å². The van der Waals surface area contributed by atoms with Crippen molar-refractivity contribution < 1.29 is 9.84 Å². The molecule has 0 atom stereocenters. The Balaban J connectivity index is 2.10. The van der Waals surface area contributed by atoms with Crippen LogP contribution in [0.5, 0.6) is 5.75 Å². The third kappa shape index (κ3) is 3.71. The van der Waals surface area contributed by atoms with Gasteiger partial charge in [-0.3, -0.25) is 0 Å². The second-order valence-electron chi connectivity index (χ2n) is 5.49. The van der Waals surface area contributed by atoms with E-state index in [1.54, 1.807) is 0 Å². The number of hydrogen-bond acceptors (Lipinski definition) is 3. The minimum absolute atomic E-state index is 0.364. The van der Waals surface area contributed by atoms with E-state index in [9.17, 15) is 5.11 Å². The SMILES string of the molecule is Cc1cc(Br)cc(CN)c1OCC1(O)CCCCC1. The molecule has 19 heavy (non-hydrogen) atoms. The molecule has 0 aromatic heterocycles. The fourth-order valence-corrected chi connectivity index (χ4v) is 3.34. The van der Waals surface area contributed by atoms with E-state index in [1.807, 2.05) is 19.1 Å². The zero-order chi connectivity index (χ0) is 13.9. The van der Waals surface area contributed by atoms with E-state index in [1.165, 1.54) is 6.42 Å². The Hall–Kier alpha value is -0.580. The van der Waals surface area contributed by atoms with Crippen molar-refractivity contribution in [1.29, 1.82) is 0 Å². The van der Waals surface area contributed by atoms with Gasteiger partial charge < -0.3 is 15.6 Å². The number of aryl methyl sites for hydroxylation is 1. The molecule has 2 rings (SSSR count). The number of rotatable bonds is 4. The summed E-state index contributed by atoms with van der Waals surface area (Å²) in [5.74, 6) is 0.824. The average molecular weight is 328 g/mol. The van der Waals surface area contributed by atoms with Gasteiger partial charge in [0.1, 0.15) is 12.4 Å². The fourth-order valence-electron chi connectivity index (χ4n) is 2.72. The average Bonchev–Trinajstić information content (AvgIpc) is 2.37. The minimum atomic E-state index is -0.663. The smallest absolute Gasteiger partial charge is 0.126 e. The molecule has 0 radical (unpaired) electrons. The highest BCUT2D eigenvalue weighted by atomic mass is 79.9. The molecule has 1 aromatic carbocycles. The molecule has 0 bridgehead atoms. The molecule has 1 fully saturated rings. The standard InChI is InChI=1S/C15H22BrNO2/c1-11-7-13(16)8-12(9-17)14(11)19-10-15(18)5-3-2-4-6-15/h7-8,18H,2-6,9-10,17H2,1H3. The largest absolute Gasteiger partial charge is 0.490 e. The maximum atomic E-state index is 10.5. The quantitative estimate of drug-likeness (QED) is 0.892. The molecule has 106 valence electrons. The summed E-state index contributed by atoms with van der Waals surface area (Å²) in [7, 11) is 0. The van der Waals surface area contributed by atoms with Crippen molar-refractivity contribution in [2.45, 2.75) is 51.2 Å². The van der Waals surface area contributed by atoms with Crippen LogP contribution < -0.4 is 10.5 Å². The van der Waals surface area contributed by atoms with Gasteiger partial charge in [-0.05, 0) is 37.5 Å². The van der Waals surface area contributed by atoms with Crippen molar-refractivity contribution in [3.63, 3.8) is 0 Å². The summed E-state index contributed by atoms with van der Waals surface area (Å²) >= 11 is 3.47. The molecular weight excluding hydrogens is 306 g/mol. The fraction of sp³-hybridized carbons (Fsp3) is 0.600. The molecular formula is C15H22BrNO2. The van der Waals surface area contributed by atoms with E-state index in [0.29, 0.717) is 13.2 Å². The van der Waals surface area contributed by atoms with E-state index < -0.39 is 5.60 Å². The molecule has 0 spiro atoms. The summed E-state index contributed by atoms with van der Waals surface area (Å²) in [5, 5.41) is 10.5. The Labute approximate surface area is 123 Å². The van der Waals surface area contributed by atoms with Crippen LogP contribution in [-0.2, 0) is 6.54 Å². The topological polar surface area (TPSA) is 55.5 Å². The van der Waals surface area contributed by atoms with E-state index in [2.05, 4.69) is 15.9 Å². The summed E-state index contributed by atoms with van der Waals surface area (Å²) in [6, 6.07) is 3.99. The third-order valence-corrected chi connectivity index (χ3v) is 4.26. The summed E-state index contributed by atoms with van der Waals surface area (Å²) in [5.41, 5.74) is 7.13. The van der Waals surface area contributed by atoms with Crippen LogP contribution in [-0.4, -0.2) is 17.3 Å². The van der Waals surface area contributed by atoms with Gasteiger partial charge in [0.05, 0.1) is 5.60 Å². The van der Waals surface area contributed by atoms with Crippen LogP contribution in [0, 0.1) is 6.92 Å². The highest BCUT2D eigenvalue weighted by molar-refractivity contribution is 9.10. The van der Waals surface area contributed by atoms with E-state index in [-0.39, 0.29) is 0 Å². The van der Waals surface area contributed by atoms with E-state index in [0.717, 1.165) is 47.0 Å². The zero-order valence-corrected chi connectivity index (χ0v) is 13.0. The Morgan fingerprint density at radius 1 is 1.32 bits per heavy atom. The third-order valence-electron chi connectivity index (χ3n) is 3.81. The highest BCUT2D eigenvalue weighted by Gasteiger charge is 2.30. The molecule has 0 heterocycles. The van der Waals surface area contributed by atoms with Crippen LogP contribution in [0.15, 0.2) is 16.6 Å². The monoisotopic (exact) mass is 327 g/mol. The van der Waals surface area contributed by atoms with Gasteiger partial charge in [0.2, 0.25) is 0 Å². The second kappa shape index (κ2) is 6.25. The predicted octanol–water partition coefficient (Wildman–Crippen LogP) is 3.29. The molecule has 0 saturated heterocycles. The first kappa shape index (κ1) is 14.8. The van der Waals surface area contributed by atoms with Crippen molar-refractivity contribution in [1.82, 2.24) is 0 Å². The zero-order valence-electron chi connectivity index (χ0n) is 11.4. The molecule has 0 amide bonds. The first-order valence-electron chi connectivity index (χ1n) is 6.88. The molecule has 1 aromatic rings. The van der Waals surface area contributed by atoms with Crippen LogP contribution in [0.3, 0.4) is 0 Å². The molecule has 0 aliphatic heterocycles. The minimum Gasteiger partial charge on any atom is -0.490 e. The Morgan fingerprint density at radius 3 is 2.63 bits per heavy atom. The maximum Gasteiger partial charge on any atom is 0.126 e. The second-order valence-corrected chi connectivity index (χ2v) is 6.40. The molecule has 1 aliphatic rings. The molecule has 3 N–H and O–H groups in total. The molecule has 3 nitrogen and oxygen atoms in total. The number of aliphatic hydroxyl groups is 1. The summed E-state index contributed by atoms with van der Waals surface area (Å²) in [4.78, 5) is 0. The lowest BCUT2D eigenvalue weighted by molar-refractivity contribution is -0.0342. The number of hydrogen-bond donors (Lipinski definition) is 2. The van der Waals surface area contributed by atoms with E-state index in [4.69, 9.17) is 10.5 Å². The molecule has 4 heteroatoms. The predicted molar refractivity (Wildman–Crippen MR) is 80.3 cm³/mol. The number of halogens is 1. The summed E-state index contributed by atoms with van der Waals surface area (Å²) < 4.78 is 6.91. The van der Waals surface area contributed by atoms with Crippen molar-refractivity contribution >= 4 is 15.9 Å². The van der Waals surface area contributed by atoms with Crippen LogP contribution in [0.25, 0.3) is 0 Å². The molecule has 0 unspecified atom stereocenters. The Bertz CT molecular complexity index is 442. The number of nitrogens with two attached hydrogens (primary N) is 1. The summed E-state index contributed by atoms with van der Waals surface area (Å²) in [6.07, 6.45) is 5.06. The van der Waals surface area contributed by atoms with Crippen LogP contribution >= 0.6 is 15.9 Å². The maximum absolute atomic E-state index is 10.5. The van der Waals surface area contributed by atoms with Gasteiger partial charge >= 0.3 is 0 Å². The van der Waals surface area contributed by atoms with E-state index >= 15 is 0 Å². The van der Waals surface area contributed by atoms with Crippen molar-refractivity contribution in [3.8, 4) is 5.75 Å². The van der Waals surface area contributed by atoms with Crippen LogP contribution in [0.2, 0.25) is 0 Å². The van der Waals surface area contributed by atoms with Crippen LogP contribution in [0.1, 0.15) is 43.2 Å². The molecule has 1 aliphatic carbocycles. The van der Waals surface area contributed by atoms with Gasteiger partial charge in [-0.2, -0.15) is 0 Å². The van der Waals surface area contributed by atoms with Gasteiger partial charge in [0, 0.05) is 16.6 Å². The highest BCUT2D eigenvalue weighted by Crippen LogP contribution is 2.32. The normalized spacial score (nSPS) is 18.3.